The van der Waals surface area contributed by atoms with Gasteiger partial charge in [0.25, 0.3) is 0 Å². The van der Waals surface area contributed by atoms with Gasteiger partial charge in [-0.2, -0.15) is 0 Å². The van der Waals surface area contributed by atoms with Crippen molar-refractivity contribution < 1.29 is 14.3 Å². The van der Waals surface area contributed by atoms with E-state index >= 15 is 0 Å². The van der Waals surface area contributed by atoms with E-state index in [1.807, 2.05) is 11.9 Å². The van der Waals surface area contributed by atoms with Crippen LogP contribution in [0.3, 0.4) is 0 Å². The van der Waals surface area contributed by atoms with E-state index in [0.29, 0.717) is 19.1 Å². The van der Waals surface area contributed by atoms with Crippen LogP contribution in [0.1, 0.15) is 33.6 Å². The van der Waals surface area contributed by atoms with Crippen LogP contribution in [-0.4, -0.2) is 43.4 Å². The Morgan fingerprint density at radius 2 is 1.94 bits per heavy atom. The molecule has 0 atom stereocenters. The fourth-order valence-corrected chi connectivity index (χ4v) is 1.29. The summed E-state index contributed by atoms with van der Waals surface area (Å²) in [4.78, 5) is 24.4. The van der Waals surface area contributed by atoms with Crippen LogP contribution in [0.15, 0.2) is 0 Å². The Morgan fingerprint density at radius 3 is 2.44 bits per heavy atom. The smallest absolute Gasteiger partial charge is 0.313 e. The molecule has 0 aromatic heterocycles. The van der Waals surface area contributed by atoms with Crippen molar-refractivity contribution in [3.8, 4) is 0 Å². The summed E-state index contributed by atoms with van der Waals surface area (Å²) in [7, 11) is 1.89. The molecule has 0 bridgehead atoms. The van der Waals surface area contributed by atoms with E-state index in [1.165, 1.54) is 0 Å². The van der Waals surface area contributed by atoms with E-state index in [9.17, 15) is 9.59 Å². The second-order valence-corrected chi connectivity index (χ2v) is 4.44. The number of ketones is 1. The molecule has 0 spiro atoms. The number of likely N-dealkylation sites (N-methyl/N-ethyl adjacent to an activating group) is 1. The lowest BCUT2D eigenvalue weighted by atomic mass is 10.1. The zero-order valence-electron chi connectivity index (χ0n) is 10.8. The third kappa shape index (κ3) is 8.41. The number of ether oxygens (including phenoxy) is 1. The van der Waals surface area contributed by atoms with E-state index < -0.39 is 5.97 Å². The summed E-state index contributed by atoms with van der Waals surface area (Å²) in [6, 6.07) is 0. The van der Waals surface area contributed by atoms with Gasteiger partial charge in [-0.1, -0.05) is 13.8 Å². The highest BCUT2D eigenvalue weighted by atomic mass is 16.5. The molecule has 0 heterocycles. The zero-order chi connectivity index (χ0) is 12.6. The highest BCUT2D eigenvalue weighted by Gasteiger charge is 2.12. The van der Waals surface area contributed by atoms with Crippen LogP contribution in [0, 0.1) is 5.92 Å². The topological polar surface area (TPSA) is 46.6 Å². The number of hydrogen-bond donors (Lipinski definition) is 0. The van der Waals surface area contributed by atoms with Crippen LogP contribution in [0.5, 0.6) is 0 Å². The van der Waals surface area contributed by atoms with Crippen LogP contribution in [0.25, 0.3) is 0 Å². The zero-order valence-corrected chi connectivity index (χ0v) is 10.8. The van der Waals surface area contributed by atoms with Crippen molar-refractivity contribution >= 4 is 11.8 Å². The summed E-state index contributed by atoms with van der Waals surface area (Å²) in [5, 5.41) is 0. The number of rotatable bonds is 8. The molecular weight excluding hydrogens is 206 g/mol. The highest BCUT2D eigenvalue weighted by molar-refractivity contribution is 5.96. The molecule has 0 unspecified atom stereocenters. The van der Waals surface area contributed by atoms with Gasteiger partial charge in [-0.15, -0.1) is 0 Å². The van der Waals surface area contributed by atoms with Gasteiger partial charge < -0.3 is 4.74 Å². The van der Waals surface area contributed by atoms with E-state index in [4.69, 9.17) is 4.74 Å². The molecule has 0 amide bonds. The highest BCUT2D eigenvalue weighted by Crippen LogP contribution is 2.01. The summed E-state index contributed by atoms with van der Waals surface area (Å²) in [6.45, 7) is 7.56. The molecule has 0 aliphatic heterocycles. The van der Waals surface area contributed by atoms with Gasteiger partial charge in [0.05, 0.1) is 13.2 Å². The normalized spacial score (nSPS) is 10.9. The van der Waals surface area contributed by atoms with Gasteiger partial charge in [0.15, 0.2) is 5.78 Å². The van der Waals surface area contributed by atoms with Crippen LogP contribution in [-0.2, 0) is 14.3 Å². The standard InChI is InChI=1S/C12H23NO3/c1-5-16-12(15)8-11(14)9-13(4)7-6-10(2)3/h10H,5-9H2,1-4H3. The van der Waals surface area contributed by atoms with Crippen molar-refractivity contribution in [2.45, 2.75) is 33.6 Å². The van der Waals surface area contributed by atoms with Crippen LogP contribution < -0.4 is 0 Å². The van der Waals surface area contributed by atoms with Crippen LogP contribution in [0.4, 0.5) is 0 Å². The van der Waals surface area contributed by atoms with Gasteiger partial charge in [-0.3, -0.25) is 14.5 Å². The predicted octanol–water partition coefficient (Wildman–Crippen LogP) is 1.49. The molecule has 0 N–H and O–H groups in total. The van der Waals surface area contributed by atoms with Crippen molar-refractivity contribution in [1.29, 1.82) is 0 Å². The lowest BCUT2D eigenvalue weighted by molar-refractivity contribution is -0.145. The van der Waals surface area contributed by atoms with Gasteiger partial charge in [0.1, 0.15) is 6.42 Å². The first-order valence-electron chi connectivity index (χ1n) is 5.81. The first-order valence-corrected chi connectivity index (χ1v) is 5.81. The van der Waals surface area contributed by atoms with Crippen molar-refractivity contribution in [1.82, 2.24) is 4.90 Å². The average Bonchev–Trinajstić information content (AvgIpc) is 2.14. The number of hydrogen-bond acceptors (Lipinski definition) is 4. The summed E-state index contributed by atoms with van der Waals surface area (Å²) in [6.07, 6.45) is 0.947. The quantitative estimate of drug-likeness (QED) is 0.467. The Kier molecular flexibility index (Phi) is 7.81. The maximum absolute atomic E-state index is 11.4. The van der Waals surface area contributed by atoms with Crippen LogP contribution in [0.2, 0.25) is 0 Å². The molecule has 0 aromatic carbocycles. The minimum atomic E-state index is -0.426. The Balaban J connectivity index is 3.73. The fraction of sp³-hybridized carbons (Fsp3) is 0.833. The minimum absolute atomic E-state index is 0.0790. The van der Waals surface area contributed by atoms with Gasteiger partial charge in [-0.25, -0.2) is 0 Å². The Labute approximate surface area is 98.0 Å². The molecule has 0 aliphatic carbocycles. The van der Waals surface area contributed by atoms with Gasteiger partial charge in [-0.05, 0) is 32.9 Å². The largest absolute Gasteiger partial charge is 0.466 e. The SMILES string of the molecule is CCOC(=O)CC(=O)CN(C)CCC(C)C. The lowest BCUT2D eigenvalue weighted by Gasteiger charge is -2.16. The van der Waals surface area contributed by atoms with E-state index in [0.717, 1.165) is 13.0 Å². The monoisotopic (exact) mass is 229 g/mol. The molecule has 0 fully saturated rings. The summed E-state index contributed by atoms with van der Waals surface area (Å²) in [5.74, 6) is 0.122. The van der Waals surface area contributed by atoms with Gasteiger partial charge >= 0.3 is 5.97 Å². The summed E-state index contributed by atoms with van der Waals surface area (Å²) < 4.78 is 4.71. The molecule has 16 heavy (non-hydrogen) atoms. The number of esters is 1. The maximum Gasteiger partial charge on any atom is 0.313 e. The maximum atomic E-state index is 11.4. The Bertz CT molecular complexity index is 226. The van der Waals surface area contributed by atoms with E-state index in [1.54, 1.807) is 6.92 Å². The number of carbonyl (C=O) groups excluding carboxylic acids is 2. The predicted molar refractivity (Wildman–Crippen MR) is 63.2 cm³/mol. The second kappa shape index (κ2) is 8.28. The minimum Gasteiger partial charge on any atom is -0.466 e. The lowest BCUT2D eigenvalue weighted by Crippen LogP contribution is -2.29. The number of carbonyl (C=O) groups is 2. The average molecular weight is 229 g/mol. The molecule has 4 heteroatoms. The molecule has 0 aliphatic rings. The Morgan fingerprint density at radius 1 is 1.31 bits per heavy atom. The number of Topliss-reactive ketones (excluding diaryl/α,β-unsaturated/α-hetero) is 1. The summed E-state index contributed by atoms with van der Waals surface area (Å²) in [5.41, 5.74) is 0. The molecule has 0 saturated heterocycles. The van der Waals surface area contributed by atoms with E-state index in [2.05, 4.69) is 13.8 Å². The third-order valence-electron chi connectivity index (χ3n) is 2.18. The Hall–Kier alpha value is -0.900. The molecule has 0 rings (SSSR count). The van der Waals surface area contributed by atoms with Crippen molar-refractivity contribution in [2.75, 3.05) is 26.7 Å². The van der Waals surface area contributed by atoms with Crippen molar-refractivity contribution in [3.63, 3.8) is 0 Å². The van der Waals surface area contributed by atoms with Crippen molar-refractivity contribution in [3.05, 3.63) is 0 Å². The van der Waals surface area contributed by atoms with E-state index in [-0.39, 0.29) is 12.2 Å². The molecule has 0 saturated carbocycles. The molecule has 0 radical (unpaired) electrons. The molecule has 94 valence electrons. The number of nitrogens with zero attached hydrogens (tertiary/aromatic N) is 1. The fourth-order valence-electron chi connectivity index (χ4n) is 1.29. The van der Waals surface area contributed by atoms with Crippen molar-refractivity contribution in [2.24, 2.45) is 5.92 Å². The summed E-state index contributed by atoms with van der Waals surface area (Å²) >= 11 is 0. The van der Waals surface area contributed by atoms with Gasteiger partial charge in [0.2, 0.25) is 0 Å². The molecule has 4 nitrogen and oxygen atoms in total. The van der Waals surface area contributed by atoms with Crippen LogP contribution >= 0.6 is 0 Å². The molecule has 0 aromatic rings. The van der Waals surface area contributed by atoms with Gasteiger partial charge in [0, 0.05) is 0 Å². The molecular formula is C12H23NO3. The first-order chi connectivity index (χ1) is 7.45. The first kappa shape index (κ1) is 15.1. The second-order valence-electron chi connectivity index (χ2n) is 4.44. The third-order valence-corrected chi connectivity index (χ3v) is 2.18.